The van der Waals surface area contributed by atoms with E-state index in [1.54, 1.807) is 13.0 Å². The first-order valence-corrected chi connectivity index (χ1v) is 12.2. The fourth-order valence-electron chi connectivity index (χ4n) is 3.21. The Labute approximate surface area is 187 Å². The van der Waals surface area contributed by atoms with Gasteiger partial charge in [0.15, 0.2) is 16.1 Å². The van der Waals surface area contributed by atoms with Gasteiger partial charge in [-0.3, -0.25) is 4.79 Å². The lowest BCUT2D eigenvalue weighted by atomic mass is 10.0. The Balaban J connectivity index is 1.84. The van der Waals surface area contributed by atoms with E-state index in [2.05, 4.69) is 17.0 Å². The van der Waals surface area contributed by atoms with Gasteiger partial charge in [0.1, 0.15) is 10.6 Å². The first-order valence-electron chi connectivity index (χ1n) is 10.3. The van der Waals surface area contributed by atoms with Crippen LogP contribution < -0.4 is 0 Å². The topological polar surface area (TPSA) is 94.5 Å². The van der Waals surface area contributed by atoms with E-state index in [1.165, 1.54) is 26.0 Å². The third-order valence-electron chi connectivity index (χ3n) is 5.47. The molecule has 10 heteroatoms. The van der Waals surface area contributed by atoms with E-state index in [4.69, 9.17) is 14.4 Å². The summed E-state index contributed by atoms with van der Waals surface area (Å²) < 4.78 is 42.9. The van der Waals surface area contributed by atoms with Crippen molar-refractivity contribution in [3.05, 3.63) is 35.1 Å². The Hall–Kier alpha value is -2.48. The molecule has 2 heterocycles. The molecule has 8 nitrogen and oxygen atoms in total. The van der Waals surface area contributed by atoms with Crippen molar-refractivity contribution in [1.82, 2.24) is 5.06 Å². The molecule has 0 spiro atoms. The van der Waals surface area contributed by atoms with Crippen LogP contribution in [0.4, 0.5) is 4.39 Å². The molecule has 1 aromatic rings. The number of halogens is 1. The number of carbonyl (C=O) groups excluding carboxylic acids is 1. The third-order valence-corrected chi connectivity index (χ3v) is 7.50. The Morgan fingerprint density at radius 2 is 2.09 bits per heavy atom. The van der Waals surface area contributed by atoms with Gasteiger partial charge in [0.25, 0.3) is 5.91 Å². The third kappa shape index (κ3) is 5.11. The molecule has 0 radical (unpaired) electrons. The van der Waals surface area contributed by atoms with Gasteiger partial charge in [-0.05, 0) is 51.8 Å². The molecule has 0 aromatic heterocycles. The van der Waals surface area contributed by atoms with E-state index in [0.717, 1.165) is 24.2 Å². The number of hydroxylamine groups is 2. The molecule has 2 atom stereocenters. The van der Waals surface area contributed by atoms with Gasteiger partial charge in [0.2, 0.25) is 6.23 Å². The van der Waals surface area contributed by atoms with Crippen LogP contribution in [-0.4, -0.2) is 55.2 Å². The second-order valence-corrected chi connectivity index (χ2v) is 10.8. The molecule has 3 rings (SSSR count). The minimum absolute atomic E-state index is 0.00796. The standard InChI is InChI=1S/C22H27FN2O6S/c1-5-8-15-10-11-16(17(23)13-15)18-14-19(30-24-18)25(31-20-9-6-7-12-29-20)21(26)22(2,3)32(4,27)28/h10-11,13,19-20H,6-7,9,12,14H2,1-4H3. The Bertz CT molecular complexity index is 1070. The minimum atomic E-state index is -3.78. The van der Waals surface area contributed by atoms with Crippen LogP contribution in [0.5, 0.6) is 0 Å². The molecule has 0 N–H and O–H groups in total. The maximum Gasteiger partial charge on any atom is 0.270 e. The monoisotopic (exact) mass is 466 g/mol. The number of rotatable bonds is 6. The highest BCUT2D eigenvalue weighted by Crippen LogP contribution is 2.28. The highest BCUT2D eigenvalue weighted by Gasteiger charge is 2.47. The van der Waals surface area contributed by atoms with Crippen LogP contribution in [0.2, 0.25) is 0 Å². The average molecular weight is 467 g/mol. The van der Waals surface area contributed by atoms with E-state index in [0.29, 0.717) is 18.6 Å². The normalized spacial score (nSPS) is 21.2. The molecule has 0 aliphatic carbocycles. The molecule has 1 saturated heterocycles. The van der Waals surface area contributed by atoms with Crippen molar-refractivity contribution in [3.8, 4) is 11.8 Å². The molecule has 32 heavy (non-hydrogen) atoms. The summed E-state index contributed by atoms with van der Waals surface area (Å²) >= 11 is 0. The summed E-state index contributed by atoms with van der Waals surface area (Å²) in [6.45, 7) is 4.72. The lowest BCUT2D eigenvalue weighted by Crippen LogP contribution is -2.54. The molecule has 1 amide bonds. The van der Waals surface area contributed by atoms with E-state index in [-0.39, 0.29) is 17.7 Å². The summed E-state index contributed by atoms with van der Waals surface area (Å²) in [4.78, 5) is 24.4. The maximum absolute atomic E-state index is 14.6. The van der Waals surface area contributed by atoms with E-state index >= 15 is 0 Å². The predicted octanol–water partition coefficient (Wildman–Crippen LogP) is 2.76. The summed E-state index contributed by atoms with van der Waals surface area (Å²) in [5.74, 6) is 4.14. The molecule has 2 unspecified atom stereocenters. The number of ether oxygens (including phenoxy) is 1. The van der Waals surface area contributed by atoms with Crippen molar-refractivity contribution < 1.29 is 32.0 Å². The summed E-state index contributed by atoms with van der Waals surface area (Å²) in [5.41, 5.74) is 0.999. The van der Waals surface area contributed by atoms with E-state index < -0.39 is 38.8 Å². The van der Waals surface area contributed by atoms with Gasteiger partial charge in [0.05, 0.1) is 12.1 Å². The number of benzene rings is 1. The molecular weight excluding hydrogens is 439 g/mol. The van der Waals surface area contributed by atoms with Crippen LogP contribution in [0.15, 0.2) is 23.4 Å². The molecule has 174 valence electrons. The fourth-order valence-corrected chi connectivity index (χ4v) is 3.62. The van der Waals surface area contributed by atoms with Crippen LogP contribution in [0.3, 0.4) is 0 Å². The number of sulfone groups is 1. The van der Waals surface area contributed by atoms with E-state index in [1.807, 2.05) is 0 Å². The quantitative estimate of drug-likeness (QED) is 0.473. The van der Waals surface area contributed by atoms with Crippen molar-refractivity contribution in [2.24, 2.45) is 5.16 Å². The van der Waals surface area contributed by atoms with Crippen LogP contribution in [0, 0.1) is 17.7 Å². The first kappa shape index (κ1) is 24.2. The molecule has 1 fully saturated rings. The van der Waals surface area contributed by atoms with Crippen molar-refractivity contribution >= 4 is 21.5 Å². The van der Waals surface area contributed by atoms with E-state index in [9.17, 15) is 17.6 Å². The smallest absolute Gasteiger partial charge is 0.270 e. The zero-order valence-corrected chi connectivity index (χ0v) is 19.4. The molecule has 0 bridgehead atoms. The van der Waals surface area contributed by atoms with Gasteiger partial charge >= 0.3 is 0 Å². The van der Waals surface area contributed by atoms with Gasteiger partial charge in [-0.25, -0.2) is 17.6 Å². The molecule has 0 saturated carbocycles. The number of amides is 1. The van der Waals surface area contributed by atoms with Gasteiger partial charge in [-0.15, -0.1) is 5.92 Å². The lowest BCUT2D eigenvalue weighted by Gasteiger charge is -2.35. The SMILES string of the molecule is CC#Cc1ccc(C2=NOC(N(OC3CCCCO3)C(=O)C(C)(C)S(C)(=O)=O)C2)c(F)c1. The maximum atomic E-state index is 14.6. The van der Waals surface area contributed by atoms with Crippen LogP contribution in [0.1, 0.15) is 57.6 Å². The van der Waals surface area contributed by atoms with Crippen LogP contribution in [0.25, 0.3) is 0 Å². The van der Waals surface area contributed by atoms with Gasteiger partial charge in [-0.1, -0.05) is 11.1 Å². The van der Waals surface area contributed by atoms with Crippen molar-refractivity contribution in [2.45, 2.75) is 63.7 Å². The van der Waals surface area contributed by atoms with Crippen molar-refractivity contribution in [3.63, 3.8) is 0 Å². The minimum Gasteiger partial charge on any atom is -0.367 e. The summed E-state index contributed by atoms with van der Waals surface area (Å²) in [5, 5.41) is 4.82. The number of oxime groups is 1. The number of carbonyl (C=O) groups is 1. The van der Waals surface area contributed by atoms with Crippen molar-refractivity contribution in [1.29, 1.82) is 0 Å². The average Bonchev–Trinajstić information content (AvgIpc) is 3.21. The Morgan fingerprint density at radius 1 is 1.34 bits per heavy atom. The highest BCUT2D eigenvalue weighted by atomic mass is 32.2. The molecular formula is C22H27FN2O6S. The predicted molar refractivity (Wildman–Crippen MR) is 115 cm³/mol. The van der Waals surface area contributed by atoms with Gasteiger partial charge < -0.3 is 9.57 Å². The summed E-state index contributed by atoms with van der Waals surface area (Å²) in [7, 11) is -3.78. The second kappa shape index (κ2) is 9.57. The summed E-state index contributed by atoms with van der Waals surface area (Å²) in [6.07, 6.45) is 1.44. The lowest BCUT2D eigenvalue weighted by molar-refractivity contribution is -0.317. The molecule has 1 aromatic carbocycles. The first-order chi connectivity index (χ1) is 15.0. The number of nitrogens with zero attached hydrogens (tertiary/aromatic N) is 2. The highest BCUT2D eigenvalue weighted by molar-refractivity contribution is 7.92. The Morgan fingerprint density at radius 3 is 2.69 bits per heavy atom. The molecule has 2 aliphatic heterocycles. The zero-order chi connectivity index (χ0) is 23.5. The molecule has 2 aliphatic rings. The van der Waals surface area contributed by atoms with Crippen LogP contribution >= 0.6 is 0 Å². The van der Waals surface area contributed by atoms with Crippen LogP contribution in [-0.2, 0) is 29.0 Å². The zero-order valence-electron chi connectivity index (χ0n) is 18.6. The summed E-state index contributed by atoms with van der Waals surface area (Å²) in [6, 6.07) is 4.49. The van der Waals surface area contributed by atoms with Gasteiger partial charge in [-0.2, -0.15) is 5.06 Å². The van der Waals surface area contributed by atoms with Gasteiger partial charge in [0, 0.05) is 30.4 Å². The fraction of sp³-hybridized carbons (Fsp3) is 0.545. The van der Waals surface area contributed by atoms with Crippen molar-refractivity contribution in [2.75, 3.05) is 12.9 Å². The largest absolute Gasteiger partial charge is 0.367 e. The Kier molecular flexibility index (Phi) is 7.22. The number of hydrogen-bond acceptors (Lipinski definition) is 7. The second-order valence-electron chi connectivity index (χ2n) is 8.19. The number of hydrogen-bond donors (Lipinski definition) is 0.